The smallest absolute Gasteiger partial charge is 0.270 e. The second kappa shape index (κ2) is 10.6. The molecule has 2 fully saturated rings. The van der Waals surface area contributed by atoms with Crippen LogP contribution in [0.5, 0.6) is 0 Å². The van der Waals surface area contributed by atoms with E-state index in [2.05, 4.69) is 16.7 Å². The number of hydrogen-bond donors (Lipinski definition) is 0. The fourth-order valence-electron chi connectivity index (χ4n) is 4.06. The van der Waals surface area contributed by atoms with Gasteiger partial charge in [0.1, 0.15) is 21.8 Å². The molecule has 1 aromatic rings. The topological polar surface area (TPSA) is 81.8 Å². The number of amides is 1. The Morgan fingerprint density at radius 3 is 2.53 bits per heavy atom. The molecule has 0 aliphatic carbocycles. The number of pyridine rings is 1. The number of methoxy groups -OCH3 is 1. The Kier molecular flexibility index (Phi) is 8.11. The fourth-order valence-corrected chi connectivity index (χ4v) is 5.35. The number of likely N-dealkylation sites (N-methyl/N-ethyl adjacent to an activating group) is 1. The number of aromatic nitrogens is 1. The van der Waals surface area contributed by atoms with Crippen molar-refractivity contribution in [2.24, 2.45) is 7.05 Å². The second-order valence-corrected chi connectivity index (χ2v) is 9.49. The lowest BCUT2D eigenvalue weighted by atomic mass is 10.0. The molecule has 3 rings (SSSR count). The summed E-state index contributed by atoms with van der Waals surface area (Å²) in [4.78, 5) is 32.6. The van der Waals surface area contributed by atoms with Crippen molar-refractivity contribution >= 4 is 46.1 Å². The van der Waals surface area contributed by atoms with Gasteiger partial charge in [-0.2, -0.15) is 5.26 Å². The molecule has 32 heavy (non-hydrogen) atoms. The molecule has 0 bridgehead atoms. The maximum Gasteiger partial charge on any atom is 0.270 e. The summed E-state index contributed by atoms with van der Waals surface area (Å²) in [5.41, 5.74) is 1.10. The van der Waals surface area contributed by atoms with Crippen LogP contribution >= 0.6 is 24.0 Å². The molecule has 8 nitrogen and oxygen atoms in total. The quantitative estimate of drug-likeness (QED) is 0.336. The zero-order valence-electron chi connectivity index (χ0n) is 19.0. The minimum absolute atomic E-state index is 0.102. The van der Waals surface area contributed by atoms with E-state index in [1.807, 2.05) is 6.07 Å². The average molecular weight is 476 g/mol. The van der Waals surface area contributed by atoms with Gasteiger partial charge < -0.3 is 14.5 Å². The van der Waals surface area contributed by atoms with E-state index in [0.717, 1.165) is 44.1 Å². The predicted octanol–water partition coefficient (Wildman–Crippen LogP) is 1.94. The standard InChI is InChI=1S/C22H29N5O3S2/c1-5-25-8-10-26(11-9-25)19-16(15(2)17(14-23)20(28)24(19)3)13-18-21(29)27(22(31)32-18)7-6-12-30-4/h13H,5-12H2,1-4H3/b18-13-. The van der Waals surface area contributed by atoms with Gasteiger partial charge in [0.15, 0.2) is 0 Å². The highest BCUT2D eigenvalue weighted by Crippen LogP contribution is 2.35. The minimum atomic E-state index is -0.317. The van der Waals surface area contributed by atoms with Crippen LogP contribution in [0.15, 0.2) is 9.70 Å². The molecule has 2 aliphatic rings. The van der Waals surface area contributed by atoms with E-state index in [4.69, 9.17) is 17.0 Å². The zero-order valence-corrected chi connectivity index (χ0v) is 20.6. The average Bonchev–Trinajstić information content (AvgIpc) is 3.05. The highest BCUT2D eigenvalue weighted by atomic mass is 32.2. The molecule has 0 spiro atoms. The largest absolute Gasteiger partial charge is 0.385 e. The molecule has 1 amide bonds. The number of anilines is 1. The molecule has 2 saturated heterocycles. The van der Waals surface area contributed by atoms with Crippen LogP contribution in [0.25, 0.3) is 6.08 Å². The van der Waals surface area contributed by atoms with Gasteiger partial charge in [0.05, 0.1) is 4.91 Å². The van der Waals surface area contributed by atoms with Crippen molar-refractivity contribution in [1.82, 2.24) is 14.4 Å². The molecular weight excluding hydrogens is 446 g/mol. The third kappa shape index (κ3) is 4.76. The van der Waals surface area contributed by atoms with Crippen molar-refractivity contribution in [1.29, 1.82) is 5.26 Å². The summed E-state index contributed by atoms with van der Waals surface area (Å²) in [6.45, 7) is 9.27. The number of nitrogens with zero attached hydrogens (tertiary/aromatic N) is 5. The van der Waals surface area contributed by atoms with Crippen LogP contribution in [0.3, 0.4) is 0 Å². The summed E-state index contributed by atoms with van der Waals surface area (Å²) in [5, 5.41) is 9.62. The van der Waals surface area contributed by atoms with Crippen LogP contribution < -0.4 is 10.5 Å². The highest BCUT2D eigenvalue weighted by Gasteiger charge is 2.33. The number of piperazine rings is 1. The van der Waals surface area contributed by atoms with E-state index in [-0.39, 0.29) is 17.0 Å². The van der Waals surface area contributed by atoms with Crippen molar-refractivity contribution in [3.63, 3.8) is 0 Å². The van der Waals surface area contributed by atoms with Gasteiger partial charge in [0, 0.05) is 59.1 Å². The number of carbonyl (C=O) groups excluding carboxylic acids is 1. The van der Waals surface area contributed by atoms with Gasteiger partial charge in [-0.1, -0.05) is 30.9 Å². The molecule has 1 aromatic heterocycles. The first-order valence-electron chi connectivity index (χ1n) is 10.7. The Bertz CT molecular complexity index is 1040. The maximum absolute atomic E-state index is 13.1. The highest BCUT2D eigenvalue weighted by molar-refractivity contribution is 8.26. The molecule has 0 unspecified atom stereocenters. The summed E-state index contributed by atoms with van der Waals surface area (Å²) < 4.78 is 7.14. The van der Waals surface area contributed by atoms with Gasteiger partial charge in [-0.25, -0.2) is 0 Å². The number of thioether (sulfide) groups is 1. The van der Waals surface area contributed by atoms with Crippen molar-refractivity contribution < 1.29 is 9.53 Å². The SMILES string of the molecule is CCN1CCN(c2c(/C=C3\SC(=S)N(CCCOC)C3=O)c(C)c(C#N)c(=O)n2C)CC1. The first kappa shape index (κ1) is 24.5. The van der Waals surface area contributed by atoms with Gasteiger partial charge in [0.2, 0.25) is 0 Å². The van der Waals surface area contributed by atoms with Crippen molar-refractivity contribution in [3.05, 3.63) is 31.9 Å². The lowest BCUT2D eigenvalue weighted by Crippen LogP contribution is -2.48. The van der Waals surface area contributed by atoms with Crippen LogP contribution in [0.4, 0.5) is 5.82 Å². The number of rotatable bonds is 7. The van der Waals surface area contributed by atoms with Gasteiger partial charge in [-0.3, -0.25) is 19.1 Å². The number of thiocarbonyl (C=S) groups is 1. The van der Waals surface area contributed by atoms with Gasteiger partial charge in [0.25, 0.3) is 11.5 Å². The molecular formula is C22H29N5O3S2. The van der Waals surface area contributed by atoms with E-state index >= 15 is 0 Å². The molecule has 0 atom stereocenters. The van der Waals surface area contributed by atoms with Crippen LogP contribution in [-0.2, 0) is 16.6 Å². The number of ether oxygens (including phenoxy) is 1. The monoisotopic (exact) mass is 475 g/mol. The molecule has 0 saturated carbocycles. The third-order valence-electron chi connectivity index (χ3n) is 5.97. The Morgan fingerprint density at radius 1 is 1.25 bits per heavy atom. The van der Waals surface area contributed by atoms with E-state index in [0.29, 0.717) is 34.4 Å². The predicted molar refractivity (Wildman–Crippen MR) is 132 cm³/mol. The summed E-state index contributed by atoms with van der Waals surface area (Å²) in [6, 6.07) is 2.05. The first-order valence-corrected chi connectivity index (χ1v) is 11.9. The molecule has 0 aromatic carbocycles. The lowest BCUT2D eigenvalue weighted by molar-refractivity contribution is -0.122. The lowest BCUT2D eigenvalue weighted by Gasteiger charge is -2.37. The normalized spacial score (nSPS) is 18.7. The summed E-state index contributed by atoms with van der Waals surface area (Å²) in [5.74, 6) is 0.594. The summed E-state index contributed by atoms with van der Waals surface area (Å²) in [6.07, 6.45) is 2.49. The molecule has 10 heteroatoms. The second-order valence-electron chi connectivity index (χ2n) is 7.81. The minimum Gasteiger partial charge on any atom is -0.385 e. The van der Waals surface area contributed by atoms with Crippen LogP contribution in [0.2, 0.25) is 0 Å². The zero-order chi connectivity index (χ0) is 23.4. The van der Waals surface area contributed by atoms with Crippen molar-refractivity contribution in [2.45, 2.75) is 20.3 Å². The van der Waals surface area contributed by atoms with Gasteiger partial charge >= 0.3 is 0 Å². The van der Waals surface area contributed by atoms with Gasteiger partial charge in [-0.15, -0.1) is 0 Å². The Hall–Kier alpha value is -2.19. The van der Waals surface area contributed by atoms with E-state index in [9.17, 15) is 14.9 Å². The Balaban J connectivity index is 2.05. The molecule has 172 valence electrons. The number of nitriles is 1. The fraction of sp³-hybridized carbons (Fsp3) is 0.545. The van der Waals surface area contributed by atoms with E-state index in [1.54, 1.807) is 36.6 Å². The summed E-state index contributed by atoms with van der Waals surface area (Å²) in [7, 11) is 3.32. The van der Waals surface area contributed by atoms with Gasteiger partial charge in [-0.05, 0) is 31.5 Å². The first-order chi connectivity index (χ1) is 15.3. The van der Waals surface area contributed by atoms with Crippen LogP contribution in [0.1, 0.15) is 30.0 Å². The third-order valence-corrected chi connectivity index (χ3v) is 7.34. The van der Waals surface area contributed by atoms with E-state index < -0.39 is 0 Å². The number of carbonyl (C=O) groups is 1. The molecule has 3 heterocycles. The molecule has 0 radical (unpaired) electrons. The van der Waals surface area contributed by atoms with Crippen LogP contribution in [-0.4, -0.2) is 77.6 Å². The Morgan fingerprint density at radius 2 is 1.94 bits per heavy atom. The van der Waals surface area contributed by atoms with E-state index in [1.165, 1.54) is 11.8 Å². The number of hydrogen-bond acceptors (Lipinski definition) is 8. The van der Waals surface area contributed by atoms with Crippen molar-refractivity contribution in [3.8, 4) is 6.07 Å². The van der Waals surface area contributed by atoms with Crippen molar-refractivity contribution in [2.75, 3.05) is 57.9 Å². The van der Waals surface area contributed by atoms with Crippen LogP contribution in [0, 0.1) is 18.3 Å². The Labute approximate surface area is 198 Å². The maximum atomic E-state index is 13.1. The molecule has 2 aliphatic heterocycles. The summed E-state index contributed by atoms with van der Waals surface area (Å²) >= 11 is 6.69. The molecule has 0 N–H and O–H groups in total.